The number of nitrogens with zero attached hydrogens (tertiary/aromatic N) is 4. The van der Waals surface area contributed by atoms with Crippen molar-refractivity contribution in [3.8, 4) is 11.4 Å². The van der Waals surface area contributed by atoms with Crippen molar-refractivity contribution in [1.29, 1.82) is 0 Å². The normalized spacial score (nSPS) is 11.3. The van der Waals surface area contributed by atoms with Crippen LogP contribution in [0.2, 0.25) is 0 Å². The summed E-state index contributed by atoms with van der Waals surface area (Å²) in [5, 5.41) is 20.3. The van der Waals surface area contributed by atoms with Gasteiger partial charge < -0.3 is 15.2 Å². The molecular weight excluding hydrogens is 362 g/mol. The van der Waals surface area contributed by atoms with Crippen molar-refractivity contribution in [2.24, 2.45) is 0 Å². The summed E-state index contributed by atoms with van der Waals surface area (Å²) in [6, 6.07) is 8.99. The monoisotopic (exact) mass is 383 g/mol. The van der Waals surface area contributed by atoms with E-state index in [-0.39, 0.29) is 5.69 Å². The van der Waals surface area contributed by atoms with E-state index in [9.17, 15) is 14.7 Å². The van der Waals surface area contributed by atoms with Gasteiger partial charge in [0.1, 0.15) is 5.75 Å². The number of hydrogen-bond acceptors (Lipinski definition) is 5. The minimum atomic E-state index is -1.23. The second-order valence-corrected chi connectivity index (χ2v) is 6.77. The standard InChI is InChI=1S/C19H21N5O4/c1-12-9-16(22-24(12)14-5-7-15(28-4)8-6-14)17(25)21-13-10-20-23(11-13)19(2,3)18(26)27/h5-11H,1-4H3,(H,21,25)(H,26,27). The number of rotatable bonds is 6. The number of ether oxygens (including phenoxy) is 1. The lowest BCUT2D eigenvalue weighted by molar-refractivity contribution is -0.146. The second-order valence-electron chi connectivity index (χ2n) is 6.77. The van der Waals surface area contributed by atoms with Crippen molar-refractivity contribution in [3.63, 3.8) is 0 Å². The third kappa shape index (κ3) is 3.59. The fourth-order valence-corrected chi connectivity index (χ4v) is 2.56. The molecule has 0 radical (unpaired) electrons. The van der Waals surface area contributed by atoms with E-state index in [4.69, 9.17) is 4.74 Å². The van der Waals surface area contributed by atoms with E-state index in [2.05, 4.69) is 15.5 Å². The van der Waals surface area contributed by atoms with Gasteiger partial charge in [0.15, 0.2) is 11.2 Å². The van der Waals surface area contributed by atoms with Crippen molar-refractivity contribution in [3.05, 3.63) is 54.1 Å². The quantitative estimate of drug-likeness (QED) is 0.676. The van der Waals surface area contributed by atoms with E-state index in [1.807, 2.05) is 31.2 Å². The van der Waals surface area contributed by atoms with Crippen molar-refractivity contribution in [1.82, 2.24) is 19.6 Å². The third-order valence-corrected chi connectivity index (χ3v) is 4.37. The molecule has 0 aliphatic rings. The van der Waals surface area contributed by atoms with Gasteiger partial charge in [0, 0.05) is 11.9 Å². The van der Waals surface area contributed by atoms with Gasteiger partial charge in [0.2, 0.25) is 0 Å². The number of aliphatic carboxylic acids is 1. The van der Waals surface area contributed by atoms with Gasteiger partial charge in [-0.15, -0.1) is 0 Å². The van der Waals surface area contributed by atoms with E-state index in [1.54, 1.807) is 17.9 Å². The molecule has 2 N–H and O–H groups in total. The van der Waals surface area contributed by atoms with Crippen LogP contribution in [-0.2, 0) is 10.3 Å². The number of benzene rings is 1. The Labute approximate surface area is 161 Å². The molecule has 2 aromatic heterocycles. The van der Waals surface area contributed by atoms with Gasteiger partial charge in [-0.3, -0.25) is 9.48 Å². The molecule has 0 unspecified atom stereocenters. The molecule has 0 aliphatic carbocycles. The predicted octanol–water partition coefficient (Wildman–Crippen LogP) is 2.46. The van der Waals surface area contributed by atoms with Crippen LogP contribution in [0.1, 0.15) is 30.0 Å². The Morgan fingerprint density at radius 2 is 1.89 bits per heavy atom. The molecule has 3 aromatic rings. The van der Waals surface area contributed by atoms with Crippen molar-refractivity contribution in [2.75, 3.05) is 12.4 Å². The molecule has 1 aromatic carbocycles. The fourth-order valence-electron chi connectivity index (χ4n) is 2.56. The molecule has 9 nitrogen and oxygen atoms in total. The summed E-state index contributed by atoms with van der Waals surface area (Å²) in [4.78, 5) is 23.9. The van der Waals surface area contributed by atoms with Gasteiger partial charge in [-0.1, -0.05) is 0 Å². The first kappa shape index (κ1) is 19.2. The number of hydrogen-bond donors (Lipinski definition) is 2. The van der Waals surface area contributed by atoms with E-state index in [1.165, 1.54) is 30.9 Å². The van der Waals surface area contributed by atoms with Crippen molar-refractivity contribution < 1.29 is 19.4 Å². The fraction of sp³-hybridized carbons (Fsp3) is 0.263. The topological polar surface area (TPSA) is 111 Å². The molecule has 1 amide bonds. The summed E-state index contributed by atoms with van der Waals surface area (Å²) < 4.78 is 8.09. The summed E-state index contributed by atoms with van der Waals surface area (Å²) in [6.45, 7) is 4.89. The molecule has 0 spiro atoms. The summed E-state index contributed by atoms with van der Waals surface area (Å²) in [5.41, 5.74) is 0.983. The van der Waals surface area contributed by atoms with E-state index < -0.39 is 17.4 Å². The van der Waals surface area contributed by atoms with Crippen LogP contribution in [0.3, 0.4) is 0 Å². The Bertz CT molecular complexity index is 1020. The summed E-state index contributed by atoms with van der Waals surface area (Å²) >= 11 is 0. The SMILES string of the molecule is COc1ccc(-n2nc(C(=O)Nc3cnn(C(C)(C)C(=O)O)c3)cc2C)cc1. The van der Waals surface area contributed by atoms with Crippen LogP contribution in [0, 0.1) is 6.92 Å². The number of aryl methyl sites for hydroxylation is 1. The zero-order valence-electron chi connectivity index (χ0n) is 16.0. The van der Waals surface area contributed by atoms with Crippen LogP contribution in [-0.4, -0.2) is 43.7 Å². The Balaban J connectivity index is 1.79. The number of aromatic nitrogens is 4. The highest BCUT2D eigenvalue weighted by molar-refractivity contribution is 6.02. The van der Waals surface area contributed by atoms with Gasteiger partial charge >= 0.3 is 5.97 Å². The molecule has 0 aliphatic heterocycles. The van der Waals surface area contributed by atoms with Gasteiger partial charge in [-0.25, -0.2) is 9.48 Å². The van der Waals surface area contributed by atoms with Gasteiger partial charge in [0.05, 0.1) is 24.7 Å². The molecule has 28 heavy (non-hydrogen) atoms. The van der Waals surface area contributed by atoms with Crippen LogP contribution in [0.5, 0.6) is 5.75 Å². The Morgan fingerprint density at radius 3 is 2.50 bits per heavy atom. The molecule has 0 bridgehead atoms. The van der Waals surface area contributed by atoms with Crippen LogP contribution in [0.25, 0.3) is 5.69 Å². The largest absolute Gasteiger partial charge is 0.497 e. The third-order valence-electron chi connectivity index (χ3n) is 4.37. The maximum Gasteiger partial charge on any atom is 0.331 e. The Kier molecular flexibility index (Phi) is 4.91. The van der Waals surface area contributed by atoms with Crippen LogP contribution in [0.4, 0.5) is 5.69 Å². The average molecular weight is 383 g/mol. The van der Waals surface area contributed by atoms with E-state index >= 15 is 0 Å². The zero-order valence-corrected chi connectivity index (χ0v) is 16.0. The van der Waals surface area contributed by atoms with E-state index in [0.717, 1.165) is 17.1 Å². The maximum atomic E-state index is 12.5. The minimum Gasteiger partial charge on any atom is -0.497 e. The highest BCUT2D eigenvalue weighted by Crippen LogP contribution is 2.19. The van der Waals surface area contributed by atoms with Crippen LogP contribution < -0.4 is 10.1 Å². The highest BCUT2D eigenvalue weighted by atomic mass is 16.5. The lowest BCUT2D eigenvalue weighted by Gasteiger charge is -2.19. The maximum absolute atomic E-state index is 12.5. The van der Waals surface area contributed by atoms with Crippen molar-refractivity contribution >= 4 is 17.6 Å². The molecule has 0 saturated carbocycles. The van der Waals surface area contributed by atoms with Gasteiger partial charge in [-0.05, 0) is 51.1 Å². The highest BCUT2D eigenvalue weighted by Gasteiger charge is 2.30. The first-order chi connectivity index (χ1) is 13.2. The average Bonchev–Trinajstić information content (AvgIpc) is 3.29. The Hall–Kier alpha value is -3.62. The minimum absolute atomic E-state index is 0.235. The summed E-state index contributed by atoms with van der Waals surface area (Å²) in [7, 11) is 1.59. The molecule has 9 heteroatoms. The molecular formula is C19H21N5O4. The van der Waals surface area contributed by atoms with E-state index in [0.29, 0.717) is 5.69 Å². The van der Waals surface area contributed by atoms with Crippen LogP contribution >= 0.6 is 0 Å². The number of carbonyl (C=O) groups is 2. The number of amides is 1. The number of anilines is 1. The first-order valence-corrected chi connectivity index (χ1v) is 8.53. The number of carbonyl (C=O) groups excluding carboxylic acids is 1. The second kappa shape index (κ2) is 7.18. The molecule has 2 heterocycles. The molecule has 0 saturated heterocycles. The lowest BCUT2D eigenvalue weighted by atomic mass is 10.1. The van der Waals surface area contributed by atoms with Gasteiger partial charge in [0.25, 0.3) is 5.91 Å². The molecule has 146 valence electrons. The number of nitrogens with one attached hydrogen (secondary N) is 1. The number of methoxy groups -OCH3 is 1. The number of carboxylic acid groups (broad SMARTS) is 1. The Morgan fingerprint density at radius 1 is 1.21 bits per heavy atom. The molecule has 0 fully saturated rings. The summed E-state index contributed by atoms with van der Waals surface area (Å²) in [6.07, 6.45) is 2.87. The number of carboxylic acids is 1. The zero-order chi connectivity index (χ0) is 20.5. The summed E-state index contributed by atoms with van der Waals surface area (Å²) in [5.74, 6) is -0.710. The van der Waals surface area contributed by atoms with Crippen LogP contribution in [0.15, 0.2) is 42.7 Å². The first-order valence-electron chi connectivity index (χ1n) is 8.53. The lowest BCUT2D eigenvalue weighted by Crippen LogP contribution is -2.35. The molecule has 0 atom stereocenters. The molecule has 3 rings (SSSR count). The van der Waals surface area contributed by atoms with Gasteiger partial charge in [-0.2, -0.15) is 10.2 Å². The predicted molar refractivity (Wildman–Crippen MR) is 102 cm³/mol. The van der Waals surface area contributed by atoms with Crippen molar-refractivity contribution in [2.45, 2.75) is 26.3 Å². The smallest absolute Gasteiger partial charge is 0.331 e.